The van der Waals surface area contributed by atoms with Crippen molar-refractivity contribution in [2.75, 3.05) is 26.2 Å². The Hall–Kier alpha value is -0.900. The normalized spacial score (nSPS) is 16.8. The summed E-state index contributed by atoms with van der Waals surface area (Å²) in [5.41, 5.74) is 2.01. The highest BCUT2D eigenvalue weighted by Crippen LogP contribution is 2.28. The monoisotopic (exact) mass is 326 g/mol. The van der Waals surface area contributed by atoms with Crippen LogP contribution in [0.3, 0.4) is 0 Å². The Bertz CT molecular complexity index is 458. The summed E-state index contributed by atoms with van der Waals surface area (Å²) in [4.78, 5) is 2.54. The second-order valence-corrected chi connectivity index (χ2v) is 5.88. The Kier molecular flexibility index (Phi) is 8.69. The average molecular weight is 327 g/mol. The summed E-state index contributed by atoms with van der Waals surface area (Å²) in [6.07, 6.45) is 6.58. The van der Waals surface area contributed by atoms with Gasteiger partial charge in [0.25, 0.3) is 0 Å². The lowest BCUT2D eigenvalue weighted by Crippen LogP contribution is -2.45. The number of hydrogen-bond acceptors (Lipinski definition) is 2. The van der Waals surface area contributed by atoms with Crippen molar-refractivity contribution < 1.29 is 4.39 Å². The molecule has 0 aromatic heterocycles. The van der Waals surface area contributed by atoms with Crippen LogP contribution in [0.15, 0.2) is 30.9 Å². The Labute approximate surface area is 140 Å². The van der Waals surface area contributed by atoms with E-state index in [1.54, 1.807) is 6.07 Å². The molecule has 1 saturated heterocycles. The van der Waals surface area contributed by atoms with E-state index in [-0.39, 0.29) is 18.2 Å². The molecule has 2 rings (SSSR count). The molecule has 0 bridgehead atoms. The first kappa shape index (κ1) is 19.1. The zero-order chi connectivity index (χ0) is 15.1. The molecule has 1 atom stereocenters. The van der Waals surface area contributed by atoms with E-state index in [9.17, 15) is 4.39 Å². The SMILES string of the molecule is C=CCCCC[C@@H](c1ccc(F)c(C)c1)N1CCNCC1.Cl. The van der Waals surface area contributed by atoms with Crippen LogP contribution in [0.2, 0.25) is 0 Å². The molecule has 4 heteroatoms. The summed E-state index contributed by atoms with van der Waals surface area (Å²) in [7, 11) is 0. The number of unbranched alkanes of at least 4 members (excludes halogenated alkanes) is 2. The molecule has 0 amide bonds. The lowest BCUT2D eigenvalue weighted by molar-refractivity contribution is 0.163. The third-order valence-electron chi connectivity index (χ3n) is 4.29. The van der Waals surface area contributed by atoms with Gasteiger partial charge in [0, 0.05) is 32.2 Å². The van der Waals surface area contributed by atoms with Gasteiger partial charge in [-0.1, -0.05) is 24.6 Å². The zero-order valence-electron chi connectivity index (χ0n) is 13.5. The summed E-state index contributed by atoms with van der Waals surface area (Å²) in [6.45, 7) is 9.87. The molecule has 1 aromatic rings. The first-order valence-electron chi connectivity index (χ1n) is 8.04. The van der Waals surface area contributed by atoms with Crippen molar-refractivity contribution in [1.29, 1.82) is 0 Å². The molecular weight excluding hydrogens is 299 g/mol. The Morgan fingerprint density at radius 2 is 2.05 bits per heavy atom. The topological polar surface area (TPSA) is 15.3 Å². The number of nitrogens with zero attached hydrogens (tertiary/aromatic N) is 1. The highest BCUT2D eigenvalue weighted by molar-refractivity contribution is 5.85. The zero-order valence-corrected chi connectivity index (χ0v) is 14.3. The summed E-state index contributed by atoms with van der Waals surface area (Å²) in [5.74, 6) is -0.107. The van der Waals surface area contributed by atoms with Gasteiger partial charge in [-0.25, -0.2) is 4.39 Å². The molecule has 0 aliphatic carbocycles. The Morgan fingerprint density at radius 3 is 2.68 bits per heavy atom. The third-order valence-corrected chi connectivity index (χ3v) is 4.29. The van der Waals surface area contributed by atoms with E-state index in [0.29, 0.717) is 6.04 Å². The van der Waals surface area contributed by atoms with E-state index in [0.717, 1.165) is 44.6 Å². The minimum absolute atomic E-state index is 0. The molecule has 1 heterocycles. The maximum atomic E-state index is 13.5. The van der Waals surface area contributed by atoms with Gasteiger partial charge in [0.2, 0.25) is 0 Å². The minimum atomic E-state index is -0.107. The highest BCUT2D eigenvalue weighted by Gasteiger charge is 2.22. The van der Waals surface area contributed by atoms with Gasteiger partial charge >= 0.3 is 0 Å². The van der Waals surface area contributed by atoms with Crippen LogP contribution in [0.25, 0.3) is 0 Å². The first-order valence-corrected chi connectivity index (χ1v) is 8.04. The molecule has 124 valence electrons. The van der Waals surface area contributed by atoms with E-state index in [1.807, 2.05) is 25.1 Å². The molecular formula is C18H28ClFN2. The molecule has 0 spiro atoms. The fraction of sp³-hybridized carbons (Fsp3) is 0.556. The fourth-order valence-corrected chi connectivity index (χ4v) is 3.06. The number of hydrogen-bond donors (Lipinski definition) is 1. The lowest BCUT2D eigenvalue weighted by Gasteiger charge is -2.35. The lowest BCUT2D eigenvalue weighted by atomic mass is 9.96. The maximum absolute atomic E-state index is 13.5. The summed E-state index contributed by atoms with van der Waals surface area (Å²) in [5, 5.41) is 3.40. The number of piperazine rings is 1. The molecule has 0 radical (unpaired) electrons. The summed E-state index contributed by atoms with van der Waals surface area (Å²) >= 11 is 0. The molecule has 0 saturated carbocycles. The van der Waals surface area contributed by atoms with Gasteiger partial charge in [0.05, 0.1) is 0 Å². The van der Waals surface area contributed by atoms with Gasteiger partial charge in [-0.3, -0.25) is 4.90 Å². The molecule has 1 aliphatic rings. The summed E-state index contributed by atoms with van der Waals surface area (Å²) < 4.78 is 13.5. The molecule has 1 aliphatic heterocycles. The molecule has 0 unspecified atom stereocenters. The number of aryl methyl sites for hydroxylation is 1. The smallest absolute Gasteiger partial charge is 0.126 e. The van der Waals surface area contributed by atoms with Crippen LogP contribution in [-0.4, -0.2) is 31.1 Å². The Morgan fingerprint density at radius 1 is 1.32 bits per heavy atom. The van der Waals surface area contributed by atoms with Crippen molar-refractivity contribution in [1.82, 2.24) is 10.2 Å². The van der Waals surface area contributed by atoms with Crippen molar-refractivity contribution in [2.45, 2.75) is 38.6 Å². The van der Waals surface area contributed by atoms with Gasteiger partial charge in [-0.2, -0.15) is 0 Å². The van der Waals surface area contributed by atoms with Gasteiger partial charge in [-0.05, 0) is 43.4 Å². The van der Waals surface area contributed by atoms with Crippen LogP contribution in [0, 0.1) is 12.7 Å². The first-order chi connectivity index (χ1) is 10.2. The maximum Gasteiger partial charge on any atom is 0.126 e. The van der Waals surface area contributed by atoms with Crippen LogP contribution in [0.1, 0.15) is 42.9 Å². The predicted octanol–water partition coefficient (Wildman–Crippen LogP) is 4.25. The van der Waals surface area contributed by atoms with E-state index in [2.05, 4.69) is 16.8 Å². The average Bonchev–Trinajstić information content (AvgIpc) is 2.51. The van der Waals surface area contributed by atoms with E-state index < -0.39 is 0 Å². The minimum Gasteiger partial charge on any atom is -0.314 e. The predicted molar refractivity (Wildman–Crippen MR) is 94.2 cm³/mol. The number of halogens is 2. The third kappa shape index (κ3) is 5.38. The second kappa shape index (κ2) is 9.98. The fourth-order valence-electron chi connectivity index (χ4n) is 3.06. The molecule has 1 fully saturated rings. The number of benzene rings is 1. The van der Waals surface area contributed by atoms with Crippen molar-refractivity contribution >= 4 is 12.4 Å². The largest absolute Gasteiger partial charge is 0.314 e. The van der Waals surface area contributed by atoms with E-state index >= 15 is 0 Å². The van der Waals surface area contributed by atoms with Crippen molar-refractivity contribution in [3.63, 3.8) is 0 Å². The van der Waals surface area contributed by atoms with Crippen molar-refractivity contribution in [3.8, 4) is 0 Å². The van der Waals surface area contributed by atoms with Crippen molar-refractivity contribution in [2.24, 2.45) is 0 Å². The van der Waals surface area contributed by atoms with Gasteiger partial charge < -0.3 is 5.32 Å². The molecule has 2 nitrogen and oxygen atoms in total. The van der Waals surface area contributed by atoms with Gasteiger partial charge in [0.15, 0.2) is 0 Å². The summed E-state index contributed by atoms with van der Waals surface area (Å²) in [6, 6.07) is 6.01. The standard InChI is InChI=1S/C18H27FN2.ClH/c1-3-4-5-6-7-18(21-12-10-20-11-13-21)16-8-9-17(19)15(2)14-16;/h3,8-9,14,18,20H,1,4-7,10-13H2,2H3;1H/t18-;/m0./s1. The van der Waals surface area contributed by atoms with Crippen LogP contribution < -0.4 is 5.32 Å². The molecule has 1 aromatic carbocycles. The van der Waals surface area contributed by atoms with E-state index in [4.69, 9.17) is 0 Å². The quantitative estimate of drug-likeness (QED) is 0.595. The Balaban J connectivity index is 0.00000242. The van der Waals surface area contributed by atoms with E-state index in [1.165, 1.54) is 18.4 Å². The van der Waals surface area contributed by atoms with Gasteiger partial charge in [-0.15, -0.1) is 19.0 Å². The van der Waals surface area contributed by atoms with Crippen LogP contribution in [0.4, 0.5) is 4.39 Å². The highest BCUT2D eigenvalue weighted by atomic mass is 35.5. The number of nitrogens with one attached hydrogen (secondary N) is 1. The van der Waals surface area contributed by atoms with Crippen LogP contribution in [0.5, 0.6) is 0 Å². The number of allylic oxidation sites excluding steroid dienone is 1. The molecule has 1 N–H and O–H groups in total. The van der Waals surface area contributed by atoms with Crippen LogP contribution >= 0.6 is 12.4 Å². The molecule has 22 heavy (non-hydrogen) atoms. The van der Waals surface area contributed by atoms with Crippen molar-refractivity contribution in [3.05, 3.63) is 47.8 Å². The second-order valence-electron chi connectivity index (χ2n) is 5.88. The van der Waals surface area contributed by atoms with Crippen LogP contribution in [-0.2, 0) is 0 Å². The van der Waals surface area contributed by atoms with Gasteiger partial charge in [0.1, 0.15) is 5.82 Å². The number of rotatable bonds is 7.